The van der Waals surface area contributed by atoms with Crippen LogP contribution in [0.15, 0.2) is 53.4 Å². The molecule has 0 radical (unpaired) electrons. The zero-order chi connectivity index (χ0) is 39.1. The molecule has 0 aliphatic heterocycles. The van der Waals surface area contributed by atoms with Crippen LogP contribution < -0.4 is 22.1 Å². The third-order valence-corrected chi connectivity index (χ3v) is 12.7. The van der Waals surface area contributed by atoms with Crippen LogP contribution >= 0.6 is 0 Å². The minimum absolute atomic E-state index is 0.116. The van der Waals surface area contributed by atoms with E-state index in [1.165, 1.54) is 50.7 Å². The van der Waals surface area contributed by atoms with E-state index in [0.29, 0.717) is 36.5 Å². The summed E-state index contributed by atoms with van der Waals surface area (Å²) in [7, 11) is 0. The number of nitrogens with zero attached hydrogens (tertiary/aromatic N) is 4. The molecule has 13 nitrogen and oxygen atoms in total. The Balaban J connectivity index is 1.05. The van der Waals surface area contributed by atoms with Crippen LogP contribution in [0.25, 0.3) is 10.9 Å². The molecule has 0 saturated heterocycles. The van der Waals surface area contributed by atoms with Crippen LogP contribution in [0.3, 0.4) is 0 Å². The summed E-state index contributed by atoms with van der Waals surface area (Å²) in [5, 5.41) is 21.5. The molecule has 4 aliphatic carbocycles. The van der Waals surface area contributed by atoms with E-state index in [1.54, 1.807) is 41.4 Å². The summed E-state index contributed by atoms with van der Waals surface area (Å²) >= 11 is 0. The number of amides is 2. The molecule has 3 heterocycles. The van der Waals surface area contributed by atoms with Gasteiger partial charge in [-0.15, -0.1) is 0 Å². The SMILES string of the molecule is Cc1cc(O)cc(C)c1C[C@H](NC(=O)[C@H](N)CCCn1ccnc1N)C(=O)N[C@@H](Cc1c[nH]c2ccc(F)cc12)c1nc(CC23CC4CC(CC(C4)C2)C3)no1. The van der Waals surface area contributed by atoms with E-state index in [9.17, 15) is 19.1 Å². The summed E-state index contributed by atoms with van der Waals surface area (Å²) in [6, 6.07) is 5.08. The average molecular weight is 766 g/mol. The zero-order valence-corrected chi connectivity index (χ0v) is 32.1. The number of aryl methyl sites for hydroxylation is 3. The van der Waals surface area contributed by atoms with E-state index in [0.717, 1.165) is 51.9 Å². The number of carbonyl (C=O) groups excluding carboxylic acids is 2. The molecule has 14 heteroatoms. The number of phenols is 1. The highest BCUT2D eigenvalue weighted by atomic mass is 19.1. The molecular weight excluding hydrogens is 714 g/mol. The van der Waals surface area contributed by atoms with Gasteiger partial charge in [0.1, 0.15) is 23.7 Å². The molecule has 2 aromatic carbocycles. The number of nitrogens with two attached hydrogens (primary N) is 2. The first-order valence-corrected chi connectivity index (χ1v) is 19.9. The Morgan fingerprint density at radius 3 is 2.45 bits per heavy atom. The second-order valence-electron chi connectivity index (χ2n) is 17.0. The summed E-state index contributed by atoms with van der Waals surface area (Å²) in [6.45, 7) is 4.25. The van der Waals surface area contributed by atoms with E-state index in [2.05, 4.69) is 25.8 Å². The topological polar surface area (TPSA) is 203 Å². The summed E-state index contributed by atoms with van der Waals surface area (Å²) < 4.78 is 22.2. The van der Waals surface area contributed by atoms with Gasteiger partial charge < -0.3 is 41.3 Å². The maximum atomic E-state index is 14.5. The Bertz CT molecular complexity index is 2170. The smallest absolute Gasteiger partial charge is 0.249 e. The van der Waals surface area contributed by atoms with Gasteiger partial charge in [0.05, 0.1) is 6.04 Å². The van der Waals surface area contributed by atoms with Crippen molar-refractivity contribution in [2.75, 3.05) is 5.73 Å². The van der Waals surface area contributed by atoms with Crippen LogP contribution in [0.4, 0.5) is 10.3 Å². The Morgan fingerprint density at radius 1 is 1.05 bits per heavy atom. The van der Waals surface area contributed by atoms with Crippen molar-refractivity contribution in [3.8, 4) is 5.75 Å². The Hall–Kier alpha value is -5.24. The van der Waals surface area contributed by atoms with E-state index in [1.807, 2.05) is 13.8 Å². The molecule has 8 N–H and O–H groups in total. The standard InChI is InChI=1S/C42H52FN9O4/c1-23-10-30(53)11-24(2)31(23)17-35(48-38(54)33(44)4-3-8-52-9-7-46-41(52)45)39(55)49-36(15-28-22-47-34-6-5-29(43)16-32(28)34)40-50-37(51-56-40)21-42-18-25-12-26(19-42)14-27(13-25)20-42/h5-7,9-11,16,22,25-27,33,35-36,47,53H,3-4,8,12-15,17-21,44H2,1-2H3,(H2,45,46)(H,48,54)(H,49,55)/t25?,26?,27?,33-,35+,36+,42?/m1/s1. The number of aromatic nitrogens is 5. The van der Waals surface area contributed by atoms with Gasteiger partial charge in [-0.2, -0.15) is 4.98 Å². The predicted octanol–water partition coefficient (Wildman–Crippen LogP) is 5.49. The van der Waals surface area contributed by atoms with Crippen molar-refractivity contribution in [1.82, 2.24) is 35.3 Å². The third-order valence-electron chi connectivity index (χ3n) is 12.7. The first-order chi connectivity index (χ1) is 26.9. The highest BCUT2D eigenvalue weighted by molar-refractivity contribution is 5.90. The third kappa shape index (κ3) is 8.02. The van der Waals surface area contributed by atoms with Crippen LogP contribution in [0, 0.1) is 42.8 Å². The van der Waals surface area contributed by atoms with Crippen LogP contribution in [0.5, 0.6) is 5.75 Å². The van der Waals surface area contributed by atoms with Gasteiger partial charge in [0, 0.05) is 55.3 Å². The van der Waals surface area contributed by atoms with E-state index >= 15 is 0 Å². The number of anilines is 1. The number of carbonyl (C=O) groups is 2. The number of imidazole rings is 1. The summed E-state index contributed by atoms with van der Waals surface area (Å²) in [4.78, 5) is 40.4. The van der Waals surface area contributed by atoms with Gasteiger partial charge in [-0.1, -0.05) is 5.16 Å². The molecule has 2 amide bonds. The minimum Gasteiger partial charge on any atom is -0.508 e. The number of aromatic amines is 1. The van der Waals surface area contributed by atoms with Gasteiger partial charge in [-0.25, -0.2) is 9.37 Å². The number of nitrogen functional groups attached to an aromatic ring is 1. The van der Waals surface area contributed by atoms with Crippen LogP contribution in [0.1, 0.15) is 91.4 Å². The van der Waals surface area contributed by atoms with Gasteiger partial charge in [0.15, 0.2) is 11.8 Å². The van der Waals surface area contributed by atoms with Crippen molar-refractivity contribution in [2.45, 2.75) is 109 Å². The lowest BCUT2D eigenvalue weighted by atomic mass is 9.49. The Labute approximate surface area is 325 Å². The fourth-order valence-electron chi connectivity index (χ4n) is 10.5. The second-order valence-corrected chi connectivity index (χ2v) is 17.0. The number of phenolic OH excluding ortho intramolecular Hbond substituents is 1. The molecule has 4 fully saturated rings. The van der Waals surface area contributed by atoms with Gasteiger partial charge in [-0.05, 0) is 141 Å². The second kappa shape index (κ2) is 15.4. The van der Waals surface area contributed by atoms with Crippen molar-refractivity contribution >= 4 is 28.7 Å². The van der Waals surface area contributed by atoms with Crippen molar-refractivity contribution in [2.24, 2.45) is 28.9 Å². The number of hydrogen-bond acceptors (Lipinski definition) is 9. The molecule has 56 heavy (non-hydrogen) atoms. The molecule has 3 aromatic heterocycles. The normalized spacial score (nSPS) is 23.0. The van der Waals surface area contributed by atoms with Gasteiger partial charge in [0.25, 0.3) is 0 Å². The number of halogens is 1. The number of benzene rings is 2. The molecule has 9 rings (SSSR count). The first kappa shape index (κ1) is 37.7. The predicted molar refractivity (Wildman–Crippen MR) is 209 cm³/mol. The molecule has 296 valence electrons. The number of aromatic hydroxyl groups is 1. The monoisotopic (exact) mass is 765 g/mol. The molecule has 4 bridgehead atoms. The van der Waals surface area contributed by atoms with Crippen LogP contribution in [-0.4, -0.2) is 53.7 Å². The lowest BCUT2D eigenvalue weighted by Crippen LogP contribution is -2.53. The summed E-state index contributed by atoms with van der Waals surface area (Å²) in [5.74, 6) is 2.39. The fourth-order valence-corrected chi connectivity index (χ4v) is 10.5. The van der Waals surface area contributed by atoms with E-state index < -0.39 is 29.9 Å². The largest absolute Gasteiger partial charge is 0.508 e. The quantitative estimate of drug-likeness (QED) is 0.0797. The van der Waals surface area contributed by atoms with Crippen molar-refractivity contribution in [3.05, 3.63) is 88.7 Å². The highest BCUT2D eigenvalue weighted by Gasteiger charge is 2.51. The number of fused-ring (bicyclic) bond motifs is 1. The van der Waals surface area contributed by atoms with Crippen molar-refractivity contribution in [1.29, 1.82) is 0 Å². The van der Waals surface area contributed by atoms with Gasteiger partial charge in [-0.3, -0.25) is 9.59 Å². The summed E-state index contributed by atoms with van der Waals surface area (Å²) in [6.07, 6.45) is 14.8. The molecule has 0 spiro atoms. The number of rotatable bonds is 15. The number of H-pyrrole nitrogens is 1. The Morgan fingerprint density at radius 2 is 1.77 bits per heavy atom. The lowest BCUT2D eigenvalue weighted by Gasteiger charge is -2.56. The number of hydrogen-bond donors (Lipinski definition) is 6. The zero-order valence-electron chi connectivity index (χ0n) is 32.1. The maximum Gasteiger partial charge on any atom is 0.249 e. The maximum absolute atomic E-state index is 14.5. The first-order valence-electron chi connectivity index (χ1n) is 19.9. The molecule has 5 aromatic rings. The molecule has 3 atom stereocenters. The lowest BCUT2D eigenvalue weighted by molar-refractivity contribution is -0.130. The minimum atomic E-state index is -1.04. The highest BCUT2D eigenvalue weighted by Crippen LogP contribution is 2.61. The average Bonchev–Trinajstić information content (AvgIpc) is 3.88. The molecule has 4 aliphatic rings. The van der Waals surface area contributed by atoms with E-state index in [-0.39, 0.29) is 35.7 Å². The van der Waals surface area contributed by atoms with Gasteiger partial charge in [0.2, 0.25) is 17.7 Å². The fraction of sp³-hybridized carbons (Fsp3) is 0.500. The molecular formula is C42H52FN9O4. The van der Waals surface area contributed by atoms with Crippen molar-refractivity contribution in [3.63, 3.8) is 0 Å². The number of nitrogens with one attached hydrogen (secondary N) is 3. The summed E-state index contributed by atoms with van der Waals surface area (Å²) in [5.41, 5.74) is 16.4. The van der Waals surface area contributed by atoms with Crippen molar-refractivity contribution < 1.29 is 23.6 Å². The van der Waals surface area contributed by atoms with Crippen LogP contribution in [-0.2, 0) is 35.4 Å². The molecule has 0 unspecified atom stereocenters. The van der Waals surface area contributed by atoms with Gasteiger partial charge >= 0.3 is 0 Å². The Kier molecular flexibility index (Phi) is 10.3. The molecule has 4 saturated carbocycles. The van der Waals surface area contributed by atoms with Crippen LogP contribution in [0.2, 0.25) is 0 Å². The van der Waals surface area contributed by atoms with E-state index in [4.69, 9.17) is 21.0 Å².